The minimum absolute atomic E-state index is 0.254. The summed E-state index contributed by atoms with van der Waals surface area (Å²) in [6.07, 6.45) is -0.647. The van der Waals surface area contributed by atoms with Crippen LogP contribution in [0.3, 0.4) is 0 Å². The van der Waals surface area contributed by atoms with Crippen LogP contribution in [-0.4, -0.2) is 19.1 Å². The summed E-state index contributed by atoms with van der Waals surface area (Å²) in [7, 11) is 1.53. The Morgan fingerprint density at radius 2 is 1.83 bits per heavy atom. The molecule has 0 heterocycles. The number of methoxy groups -OCH3 is 1. The minimum Gasteiger partial charge on any atom is -0.495 e. The molecule has 0 saturated heterocycles. The fourth-order valence-electron chi connectivity index (χ4n) is 2.26. The second kappa shape index (κ2) is 7.58. The van der Waals surface area contributed by atoms with Crippen molar-refractivity contribution >= 4 is 23.2 Å². The predicted octanol–water partition coefficient (Wildman–Crippen LogP) is 4.68. The second-order valence-electron chi connectivity index (χ2n) is 5.75. The molecule has 5 heteroatoms. The first-order valence-electron chi connectivity index (χ1n) is 7.71. The van der Waals surface area contributed by atoms with E-state index in [0.717, 1.165) is 16.7 Å². The zero-order chi connectivity index (χ0) is 17.9. The molecule has 0 aromatic heterocycles. The lowest BCUT2D eigenvalue weighted by Crippen LogP contribution is -2.30. The van der Waals surface area contributed by atoms with Crippen LogP contribution in [0, 0.1) is 20.8 Å². The molecule has 1 N–H and O–H groups in total. The monoisotopic (exact) mass is 347 g/mol. The normalized spacial score (nSPS) is 11.8. The van der Waals surface area contributed by atoms with E-state index in [1.54, 1.807) is 19.1 Å². The van der Waals surface area contributed by atoms with E-state index in [2.05, 4.69) is 5.32 Å². The van der Waals surface area contributed by atoms with Crippen molar-refractivity contribution in [1.29, 1.82) is 0 Å². The highest BCUT2D eigenvalue weighted by atomic mass is 35.5. The quantitative estimate of drug-likeness (QED) is 0.854. The third-order valence-corrected chi connectivity index (χ3v) is 4.37. The molecule has 0 aliphatic rings. The van der Waals surface area contributed by atoms with Gasteiger partial charge in [0.05, 0.1) is 12.8 Å². The van der Waals surface area contributed by atoms with Gasteiger partial charge in [-0.15, -0.1) is 0 Å². The molecule has 0 unspecified atom stereocenters. The number of benzene rings is 2. The van der Waals surface area contributed by atoms with Gasteiger partial charge in [-0.1, -0.05) is 23.7 Å². The number of aryl methyl sites for hydroxylation is 2. The summed E-state index contributed by atoms with van der Waals surface area (Å²) in [6, 6.07) is 9.24. The number of ether oxygens (including phenoxy) is 2. The van der Waals surface area contributed by atoms with E-state index in [1.165, 1.54) is 7.11 Å². The number of amides is 1. The lowest BCUT2D eigenvalue weighted by Gasteiger charge is -2.18. The van der Waals surface area contributed by atoms with Crippen LogP contribution in [0.2, 0.25) is 5.02 Å². The molecule has 2 aromatic rings. The summed E-state index contributed by atoms with van der Waals surface area (Å²) < 4.78 is 11.1. The van der Waals surface area contributed by atoms with Crippen molar-refractivity contribution in [1.82, 2.24) is 0 Å². The smallest absolute Gasteiger partial charge is 0.265 e. The SMILES string of the molecule is COc1cc(Cl)c(C)cc1NC(=O)[C@@H](C)Oc1cccc(C)c1C. The number of carbonyl (C=O) groups excluding carboxylic acids is 1. The van der Waals surface area contributed by atoms with Gasteiger partial charge in [-0.3, -0.25) is 4.79 Å². The van der Waals surface area contributed by atoms with Gasteiger partial charge >= 0.3 is 0 Å². The van der Waals surface area contributed by atoms with E-state index in [9.17, 15) is 4.79 Å². The average molecular weight is 348 g/mol. The van der Waals surface area contributed by atoms with E-state index in [0.29, 0.717) is 22.2 Å². The first kappa shape index (κ1) is 18.1. The van der Waals surface area contributed by atoms with Crippen LogP contribution in [0.4, 0.5) is 5.69 Å². The van der Waals surface area contributed by atoms with Gasteiger partial charge in [0, 0.05) is 11.1 Å². The summed E-state index contributed by atoms with van der Waals surface area (Å²) in [5.41, 5.74) is 3.57. The molecule has 0 radical (unpaired) electrons. The minimum atomic E-state index is -0.647. The Morgan fingerprint density at radius 1 is 1.12 bits per heavy atom. The van der Waals surface area contributed by atoms with Gasteiger partial charge in [0.1, 0.15) is 11.5 Å². The van der Waals surface area contributed by atoms with Crippen molar-refractivity contribution in [3.63, 3.8) is 0 Å². The highest BCUT2D eigenvalue weighted by Crippen LogP contribution is 2.31. The Morgan fingerprint density at radius 3 is 2.50 bits per heavy atom. The molecular weight excluding hydrogens is 326 g/mol. The van der Waals surface area contributed by atoms with Gasteiger partial charge in [0.2, 0.25) is 0 Å². The Bertz CT molecular complexity index is 759. The molecule has 0 bridgehead atoms. The lowest BCUT2D eigenvalue weighted by atomic mass is 10.1. The predicted molar refractivity (Wildman–Crippen MR) is 97.4 cm³/mol. The molecule has 0 aliphatic carbocycles. The van der Waals surface area contributed by atoms with E-state index >= 15 is 0 Å². The molecule has 4 nitrogen and oxygen atoms in total. The maximum Gasteiger partial charge on any atom is 0.265 e. The van der Waals surface area contributed by atoms with Crippen LogP contribution >= 0.6 is 11.6 Å². The molecule has 0 spiro atoms. The third-order valence-electron chi connectivity index (χ3n) is 3.97. The molecule has 2 aromatic carbocycles. The van der Waals surface area contributed by atoms with Crippen molar-refractivity contribution in [3.05, 3.63) is 52.0 Å². The number of anilines is 1. The maximum absolute atomic E-state index is 12.5. The van der Waals surface area contributed by atoms with Gasteiger partial charge in [0.25, 0.3) is 5.91 Å². The Kier molecular flexibility index (Phi) is 5.73. The van der Waals surface area contributed by atoms with Crippen molar-refractivity contribution in [2.24, 2.45) is 0 Å². The number of hydrogen-bond acceptors (Lipinski definition) is 3. The van der Waals surface area contributed by atoms with Crippen molar-refractivity contribution < 1.29 is 14.3 Å². The van der Waals surface area contributed by atoms with Crippen molar-refractivity contribution in [2.45, 2.75) is 33.8 Å². The first-order chi connectivity index (χ1) is 11.3. The van der Waals surface area contributed by atoms with Gasteiger partial charge in [-0.2, -0.15) is 0 Å². The molecule has 2 rings (SSSR count). The maximum atomic E-state index is 12.5. The fourth-order valence-corrected chi connectivity index (χ4v) is 2.41. The molecular formula is C19H22ClNO3. The zero-order valence-corrected chi connectivity index (χ0v) is 15.3. The topological polar surface area (TPSA) is 47.6 Å². The summed E-state index contributed by atoms with van der Waals surface area (Å²) in [6.45, 7) is 7.56. The average Bonchev–Trinajstić information content (AvgIpc) is 2.54. The summed E-state index contributed by atoms with van der Waals surface area (Å²) in [5, 5.41) is 3.42. The third kappa shape index (κ3) is 4.01. The standard InChI is InChI=1S/C19H22ClNO3/c1-11-7-6-8-17(13(11)3)24-14(4)19(22)21-16-9-12(2)15(20)10-18(16)23-5/h6-10,14H,1-5H3,(H,21,22)/t14-/m1/s1. The highest BCUT2D eigenvalue weighted by molar-refractivity contribution is 6.31. The largest absolute Gasteiger partial charge is 0.495 e. The highest BCUT2D eigenvalue weighted by Gasteiger charge is 2.18. The summed E-state index contributed by atoms with van der Waals surface area (Å²) in [4.78, 5) is 12.5. The van der Waals surface area contributed by atoms with E-state index < -0.39 is 6.10 Å². The molecule has 0 aliphatic heterocycles. The molecule has 0 saturated carbocycles. The number of hydrogen-bond donors (Lipinski definition) is 1. The van der Waals surface area contributed by atoms with Crippen molar-refractivity contribution in [2.75, 3.05) is 12.4 Å². The molecule has 128 valence electrons. The number of rotatable bonds is 5. The van der Waals surface area contributed by atoms with Crippen LogP contribution in [-0.2, 0) is 4.79 Å². The van der Waals surface area contributed by atoms with E-state index in [-0.39, 0.29) is 5.91 Å². The fraction of sp³-hybridized carbons (Fsp3) is 0.316. The molecule has 24 heavy (non-hydrogen) atoms. The number of halogens is 1. The molecule has 0 fully saturated rings. The van der Waals surface area contributed by atoms with Crippen LogP contribution in [0.1, 0.15) is 23.6 Å². The number of nitrogens with one attached hydrogen (secondary N) is 1. The second-order valence-corrected chi connectivity index (χ2v) is 6.16. The van der Waals surface area contributed by atoms with Gasteiger partial charge in [-0.05, 0) is 56.5 Å². The summed E-state index contributed by atoms with van der Waals surface area (Å²) >= 11 is 6.09. The van der Waals surface area contributed by atoms with Gasteiger partial charge in [0.15, 0.2) is 6.10 Å². The lowest BCUT2D eigenvalue weighted by molar-refractivity contribution is -0.122. The van der Waals surface area contributed by atoms with Crippen LogP contribution < -0.4 is 14.8 Å². The molecule has 1 atom stereocenters. The van der Waals surface area contributed by atoms with Crippen LogP contribution in [0.5, 0.6) is 11.5 Å². The Balaban J connectivity index is 2.15. The van der Waals surface area contributed by atoms with Crippen LogP contribution in [0.15, 0.2) is 30.3 Å². The Hall–Kier alpha value is -2.20. The molecule has 1 amide bonds. The van der Waals surface area contributed by atoms with Gasteiger partial charge < -0.3 is 14.8 Å². The van der Waals surface area contributed by atoms with E-state index in [4.69, 9.17) is 21.1 Å². The summed E-state index contributed by atoms with van der Waals surface area (Å²) in [5.74, 6) is 0.964. The Labute approximate surface area is 147 Å². The van der Waals surface area contributed by atoms with Crippen molar-refractivity contribution in [3.8, 4) is 11.5 Å². The van der Waals surface area contributed by atoms with Crippen LogP contribution in [0.25, 0.3) is 0 Å². The number of carbonyl (C=O) groups is 1. The first-order valence-corrected chi connectivity index (χ1v) is 8.09. The zero-order valence-electron chi connectivity index (χ0n) is 14.6. The van der Waals surface area contributed by atoms with E-state index in [1.807, 2.05) is 39.0 Å². The van der Waals surface area contributed by atoms with Gasteiger partial charge in [-0.25, -0.2) is 0 Å².